The molecule has 3 nitrogen and oxygen atoms in total. The van der Waals surface area contributed by atoms with E-state index in [1.807, 2.05) is 6.92 Å². The maximum Gasteiger partial charge on any atom is 0.398 e. The number of ether oxygens (including phenoxy) is 1. The molecule has 0 radical (unpaired) electrons. The summed E-state index contributed by atoms with van der Waals surface area (Å²) in [5.74, 6) is 0. The summed E-state index contributed by atoms with van der Waals surface area (Å²) in [7, 11) is -0.940. The van der Waals surface area contributed by atoms with Crippen LogP contribution in [0, 0.1) is 0 Å². The van der Waals surface area contributed by atoms with E-state index in [2.05, 4.69) is 4.98 Å². The Morgan fingerprint density at radius 3 is 2.67 bits per heavy atom. The van der Waals surface area contributed by atoms with Crippen LogP contribution in [-0.2, 0) is 4.74 Å². The van der Waals surface area contributed by atoms with Crippen molar-refractivity contribution in [2.45, 2.75) is 38.3 Å². The SMILES string of the molecule is CCOC(=O)N[SiH]1CCCCC1. The Morgan fingerprint density at radius 2 is 2.08 bits per heavy atom. The maximum absolute atomic E-state index is 11.0. The van der Waals surface area contributed by atoms with Gasteiger partial charge in [0.2, 0.25) is 0 Å². The molecule has 0 aromatic heterocycles. The first kappa shape index (κ1) is 9.57. The smallest absolute Gasteiger partial charge is 0.398 e. The van der Waals surface area contributed by atoms with E-state index in [1.165, 1.54) is 31.4 Å². The quantitative estimate of drug-likeness (QED) is 0.667. The van der Waals surface area contributed by atoms with Crippen molar-refractivity contribution in [3.05, 3.63) is 0 Å². The van der Waals surface area contributed by atoms with Crippen LogP contribution >= 0.6 is 0 Å². The Hall–Kier alpha value is -0.513. The average Bonchev–Trinajstić information content (AvgIpc) is 2.06. The molecule has 0 aromatic carbocycles. The fourth-order valence-electron chi connectivity index (χ4n) is 1.59. The highest BCUT2D eigenvalue weighted by molar-refractivity contribution is 6.58. The average molecular weight is 187 g/mol. The normalized spacial score (nSPS) is 18.8. The Balaban J connectivity index is 2.15. The number of nitrogens with one attached hydrogen (secondary N) is 1. The molecule has 1 rings (SSSR count). The van der Waals surface area contributed by atoms with Crippen LogP contribution in [0.1, 0.15) is 26.2 Å². The van der Waals surface area contributed by atoms with Crippen LogP contribution in [0.4, 0.5) is 4.79 Å². The van der Waals surface area contributed by atoms with Gasteiger partial charge in [0.15, 0.2) is 0 Å². The van der Waals surface area contributed by atoms with E-state index < -0.39 is 8.96 Å². The lowest BCUT2D eigenvalue weighted by Crippen LogP contribution is -2.40. The summed E-state index contributed by atoms with van der Waals surface area (Å²) in [5, 5.41) is 0. The van der Waals surface area contributed by atoms with E-state index in [4.69, 9.17) is 4.74 Å². The van der Waals surface area contributed by atoms with Gasteiger partial charge in [-0.15, -0.1) is 0 Å². The molecule has 0 saturated carbocycles. The van der Waals surface area contributed by atoms with Gasteiger partial charge < -0.3 is 9.72 Å². The van der Waals surface area contributed by atoms with Crippen LogP contribution in [-0.4, -0.2) is 21.7 Å². The highest BCUT2D eigenvalue weighted by atomic mass is 28.3. The van der Waals surface area contributed by atoms with E-state index in [-0.39, 0.29) is 6.09 Å². The summed E-state index contributed by atoms with van der Waals surface area (Å²) in [6, 6.07) is 2.50. The second kappa shape index (κ2) is 5.19. The molecular weight excluding hydrogens is 170 g/mol. The summed E-state index contributed by atoms with van der Waals surface area (Å²) in [6.07, 6.45) is 3.73. The first-order chi connectivity index (χ1) is 5.83. The maximum atomic E-state index is 11.0. The number of carbonyl (C=O) groups is 1. The van der Waals surface area contributed by atoms with Gasteiger partial charge in [0, 0.05) is 0 Å². The van der Waals surface area contributed by atoms with Crippen LogP contribution in [0.15, 0.2) is 0 Å². The Morgan fingerprint density at radius 1 is 1.42 bits per heavy atom. The zero-order valence-electron chi connectivity index (χ0n) is 7.64. The van der Waals surface area contributed by atoms with Crippen molar-refractivity contribution in [1.82, 2.24) is 4.98 Å². The minimum Gasteiger partial charge on any atom is -0.450 e. The van der Waals surface area contributed by atoms with E-state index >= 15 is 0 Å². The van der Waals surface area contributed by atoms with E-state index in [0.717, 1.165) is 0 Å². The lowest BCUT2D eigenvalue weighted by Gasteiger charge is -2.20. The van der Waals surface area contributed by atoms with Gasteiger partial charge in [-0.05, 0) is 19.0 Å². The molecule has 0 aromatic rings. The molecule has 0 bridgehead atoms. The highest BCUT2D eigenvalue weighted by Crippen LogP contribution is 2.16. The monoisotopic (exact) mass is 187 g/mol. The molecule has 1 aliphatic rings. The molecule has 0 spiro atoms. The van der Waals surface area contributed by atoms with Crippen LogP contribution in [0.2, 0.25) is 12.1 Å². The molecule has 0 aliphatic carbocycles. The molecule has 1 heterocycles. The first-order valence-corrected chi connectivity index (χ1v) is 6.97. The molecule has 0 unspecified atom stereocenters. The number of rotatable bonds is 2. The molecule has 1 amide bonds. The zero-order chi connectivity index (χ0) is 8.81. The highest BCUT2D eigenvalue weighted by Gasteiger charge is 2.17. The molecule has 12 heavy (non-hydrogen) atoms. The van der Waals surface area contributed by atoms with Crippen LogP contribution in [0.5, 0.6) is 0 Å². The van der Waals surface area contributed by atoms with Crippen molar-refractivity contribution in [2.75, 3.05) is 6.61 Å². The summed E-state index contributed by atoms with van der Waals surface area (Å²) in [5.41, 5.74) is 0. The fourth-order valence-corrected chi connectivity index (χ4v) is 4.14. The van der Waals surface area contributed by atoms with Crippen molar-refractivity contribution in [1.29, 1.82) is 0 Å². The third-order valence-corrected chi connectivity index (χ3v) is 5.06. The van der Waals surface area contributed by atoms with Gasteiger partial charge in [-0.1, -0.05) is 19.3 Å². The van der Waals surface area contributed by atoms with Gasteiger partial charge in [0.25, 0.3) is 0 Å². The van der Waals surface area contributed by atoms with Crippen molar-refractivity contribution < 1.29 is 9.53 Å². The molecule has 1 N–H and O–H groups in total. The van der Waals surface area contributed by atoms with Crippen LogP contribution < -0.4 is 4.98 Å². The van der Waals surface area contributed by atoms with E-state index in [0.29, 0.717) is 6.61 Å². The van der Waals surface area contributed by atoms with Crippen LogP contribution in [0.3, 0.4) is 0 Å². The third kappa shape index (κ3) is 3.26. The van der Waals surface area contributed by atoms with Crippen molar-refractivity contribution in [2.24, 2.45) is 0 Å². The van der Waals surface area contributed by atoms with E-state index in [9.17, 15) is 4.79 Å². The topological polar surface area (TPSA) is 38.3 Å². The largest absolute Gasteiger partial charge is 0.450 e. The van der Waals surface area contributed by atoms with Crippen molar-refractivity contribution in [3.63, 3.8) is 0 Å². The number of amides is 1. The van der Waals surface area contributed by atoms with Crippen LogP contribution in [0.25, 0.3) is 0 Å². The van der Waals surface area contributed by atoms with Crippen molar-refractivity contribution >= 4 is 15.1 Å². The molecule has 0 atom stereocenters. The van der Waals surface area contributed by atoms with Gasteiger partial charge in [-0.2, -0.15) is 0 Å². The lowest BCUT2D eigenvalue weighted by molar-refractivity contribution is 0.158. The molecule has 1 saturated heterocycles. The summed E-state index contributed by atoms with van der Waals surface area (Å²) in [4.78, 5) is 14.0. The standard InChI is InChI=1S/C8H17NO2Si/c1-2-11-8(10)9-12-6-4-3-5-7-12/h12H,2-7H2,1H3,(H,9,10). The van der Waals surface area contributed by atoms with Gasteiger partial charge in [0.1, 0.15) is 8.96 Å². The van der Waals surface area contributed by atoms with E-state index in [1.54, 1.807) is 0 Å². The Bertz CT molecular complexity index is 146. The summed E-state index contributed by atoms with van der Waals surface area (Å²) in [6.45, 7) is 2.31. The third-order valence-electron chi connectivity index (χ3n) is 2.20. The summed E-state index contributed by atoms with van der Waals surface area (Å²) < 4.78 is 4.83. The molecule has 1 fully saturated rings. The molecule has 70 valence electrons. The van der Waals surface area contributed by atoms with Gasteiger partial charge in [-0.3, -0.25) is 0 Å². The molecule has 4 heteroatoms. The fraction of sp³-hybridized carbons (Fsp3) is 0.875. The van der Waals surface area contributed by atoms with Gasteiger partial charge in [0.05, 0.1) is 6.61 Å². The number of carbonyl (C=O) groups excluding carboxylic acids is 1. The second-order valence-electron chi connectivity index (χ2n) is 3.20. The first-order valence-electron chi connectivity index (χ1n) is 4.76. The Labute approximate surface area is 75.2 Å². The predicted octanol–water partition coefficient (Wildman–Crippen LogP) is 1.64. The predicted molar refractivity (Wildman–Crippen MR) is 50.8 cm³/mol. The minimum absolute atomic E-state index is 0.198. The Kier molecular flexibility index (Phi) is 4.14. The molecular formula is C8H17NO2Si. The lowest BCUT2D eigenvalue weighted by atomic mass is 10.3. The zero-order valence-corrected chi connectivity index (χ0v) is 8.79. The summed E-state index contributed by atoms with van der Waals surface area (Å²) >= 11 is 0. The second-order valence-corrected chi connectivity index (χ2v) is 6.04. The van der Waals surface area contributed by atoms with Gasteiger partial charge in [-0.25, -0.2) is 4.79 Å². The van der Waals surface area contributed by atoms with Crippen molar-refractivity contribution in [3.8, 4) is 0 Å². The molecule has 1 aliphatic heterocycles. The minimum atomic E-state index is -0.940. The van der Waals surface area contributed by atoms with Gasteiger partial charge >= 0.3 is 6.09 Å². The number of hydrogen-bond acceptors (Lipinski definition) is 2. The number of hydrogen-bond donors (Lipinski definition) is 1.